The third-order valence-electron chi connectivity index (χ3n) is 2.49. The Balaban J connectivity index is 2.12. The van der Waals surface area contributed by atoms with Gasteiger partial charge in [-0.1, -0.05) is 0 Å². The van der Waals surface area contributed by atoms with E-state index in [4.69, 9.17) is 0 Å². The lowest BCUT2D eigenvalue weighted by molar-refractivity contribution is -0.000706. The molecular formula is C9H10BrF2N3. The lowest BCUT2D eigenvalue weighted by Crippen LogP contribution is -2.34. The van der Waals surface area contributed by atoms with E-state index in [9.17, 15) is 8.78 Å². The number of hydrogen-bond donors (Lipinski definition) is 1. The first-order valence-electron chi connectivity index (χ1n) is 4.69. The fourth-order valence-corrected chi connectivity index (χ4v) is 2.02. The van der Waals surface area contributed by atoms with Crippen LogP contribution in [0.25, 0.3) is 0 Å². The van der Waals surface area contributed by atoms with Crippen LogP contribution < -0.4 is 5.32 Å². The second-order valence-corrected chi connectivity index (χ2v) is 4.42. The van der Waals surface area contributed by atoms with Crippen molar-refractivity contribution >= 4 is 21.7 Å². The molecule has 0 aromatic carbocycles. The molecule has 1 saturated carbocycles. The van der Waals surface area contributed by atoms with Crippen molar-refractivity contribution in [3.8, 4) is 0 Å². The molecule has 1 aromatic rings. The summed E-state index contributed by atoms with van der Waals surface area (Å²) in [4.78, 5) is 7.68. The van der Waals surface area contributed by atoms with Crippen LogP contribution in [0.4, 0.5) is 14.6 Å². The molecule has 1 heterocycles. The van der Waals surface area contributed by atoms with Crippen LogP contribution in [-0.2, 0) is 0 Å². The third-order valence-corrected chi connectivity index (χ3v) is 3.07. The first-order valence-corrected chi connectivity index (χ1v) is 5.49. The Morgan fingerprint density at radius 1 is 1.53 bits per heavy atom. The maximum Gasteiger partial charge on any atom is 0.267 e. The molecule has 0 radical (unpaired) electrons. The highest BCUT2D eigenvalue weighted by Gasteiger charge is 2.44. The average molecular weight is 278 g/mol. The van der Waals surface area contributed by atoms with E-state index in [-0.39, 0.29) is 6.42 Å². The van der Waals surface area contributed by atoms with Gasteiger partial charge in [-0.3, -0.25) is 0 Å². The molecule has 1 aliphatic carbocycles. The number of aromatic nitrogens is 2. The molecule has 82 valence electrons. The van der Waals surface area contributed by atoms with Crippen LogP contribution in [0.2, 0.25) is 0 Å². The second kappa shape index (κ2) is 4.00. The highest BCUT2D eigenvalue weighted by atomic mass is 79.9. The summed E-state index contributed by atoms with van der Waals surface area (Å²) >= 11 is 3.21. The van der Waals surface area contributed by atoms with Gasteiger partial charge in [0.25, 0.3) is 5.92 Å². The summed E-state index contributed by atoms with van der Waals surface area (Å²) in [6, 6.07) is -0.816. The Morgan fingerprint density at radius 2 is 2.33 bits per heavy atom. The number of nitrogens with one attached hydrogen (secondary N) is 1. The van der Waals surface area contributed by atoms with E-state index < -0.39 is 12.0 Å². The smallest absolute Gasteiger partial charge is 0.267 e. The molecular weight excluding hydrogens is 268 g/mol. The summed E-state index contributed by atoms with van der Waals surface area (Å²) in [5.74, 6) is -2.21. The van der Waals surface area contributed by atoms with E-state index in [1.807, 2.05) is 0 Å². The molecule has 1 aromatic heterocycles. The van der Waals surface area contributed by atoms with Crippen molar-refractivity contribution in [3.05, 3.63) is 17.0 Å². The predicted molar refractivity (Wildman–Crippen MR) is 55.9 cm³/mol. The SMILES string of the molecule is FC1(F)CCCC1Nc1ncncc1Br. The largest absolute Gasteiger partial charge is 0.360 e. The standard InChI is InChI=1S/C9H10BrF2N3/c10-6-4-13-5-14-8(6)15-7-2-1-3-9(7,11)12/h4-5,7H,1-3H2,(H,13,14,15). The van der Waals surface area contributed by atoms with Gasteiger partial charge in [0.1, 0.15) is 12.1 Å². The van der Waals surface area contributed by atoms with Crippen LogP contribution in [-0.4, -0.2) is 21.9 Å². The first kappa shape index (κ1) is 10.7. The lowest BCUT2D eigenvalue weighted by Gasteiger charge is -2.21. The van der Waals surface area contributed by atoms with Crippen LogP contribution >= 0.6 is 15.9 Å². The number of rotatable bonds is 2. The van der Waals surface area contributed by atoms with Gasteiger partial charge < -0.3 is 5.32 Å². The Bertz CT molecular complexity index is 359. The molecule has 0 bridgehead atoms. The van der Waals surface area contributed by atoms with Crippen molar-refractivity contribution in [1.82, 2.24) is 9.97 Å². The minimum atomic E-state index is -2.63. The molecule has 0 saturated heterocycles. The van der Waals surface area contributed by atoms with Crippen molar-refractivity contribution in [3.63, 3.8) is 0 Å². The summed E-state index contributed by atoms with van der Waals surface area (Å²) in [5, 5.41) is 2.75. The van der Waals surface area contributed by atoms with E-state index in [0.29, 0.717) is 23.1 Å². The van der Waals surface area contributed by atoms with Crippen LogP contribution in [0.5, 0.6) is 0 Å². The van der Waals surface area contributed by atoms with Gasteiger partial charge in [-0.25, -0.2) is 18.7 Å². The Morgan fingerprint density at radius 3 is 2.93 bits per heavy atom. The number of hydrogen-bond acceptors (Lipinski definition) is 3. The van der Waals surface area contributed by atoms with E-state index in [1.54, 1.807) is 0 Å². The van der Waals surface area contributed by atoms with Crippen LogP contribution in [0.3, 0.4) is 0 Å². The van der Waals surface area contributed by atoms with Crippen molar-refractivity contribution < 1.29 is 8.78 Å². The number of anilines is 1. The minimum absolute atomic E-state index is 0.0482. The van der Waals surface area contributed by atoms with Gasteiger partial charge in [0.2, 0.25) is 0 Å². The number of nitrogens with zero attached hydrogens (tertiary/aromatic N) is 2. The maximum absolute atomic E-state index is 13.3. The van der Waals surface area contributed by atoms with Crippen molar-refractivity contribution in [2.75, 3.05) is 5.32 Å². The van der Waals surface area contributed by atoms with Gasteiger partial charge in [-0.15, -0.1) is 0 Å². The monoisotopic (exact) mass is 277 g/mol. The van der Waals surface area contributed by atoms with Gasteiger partial charge >= 0.3 is 0 Å². The molecule has 15 heavy (non-hydrogen) atoms. The van der Waals surface area contributed by atoms with Crippen LogP contribution in [0, 0.1) is 0 Å². The molecule has 1 N–H and O–H groups in total. The van der Waals surface area contributed by atoms with Crippen molar-refractivity contribution in [2.45, 2.75) is 31.2 Å². The Kier molecular flexibility index (Phi) is 2.86. The number of alkyl halides is 2. The fraction of sp³-hybridized carbons (Fsp3) is 0.556. The van der Waals surface area contributed by atoms with E-state index in [2.05, 4.69) is 31.2 Å². The molecule has 0 amide bonds. The van der Waals surface area contributed by atoms with Gasteiger partial charge in [-0.2, -0.15) is 0 Å². The Hall–Kier alpha value is -0.780. The van der Waals surface area contributed by atoms with Gasteiger partial charge in [0, 0.05) is 12.6 Å². The minimum Gasteiger partial charge on any atom is -0.360 e. The summed E-state index contributed by atoms with van der Waals surface area (Å²) in [6.07, 6.45) is 3.84. The van der Waals surface area contributed by atoms with Gasteiger partial charge in [-0.05, 0) is 28.8 Å². The lowest BCUT2D eigenvalue weighted by atomic mass is 10.2. The zero-order valence-electron chi connectivity index (χ0n) is 7.88. The van der Waals surface area contributed by atoms with Crippen molar-refractivity contribution in [1.29, 1.82) is 0 Å². The summed E-state index contributed by atoms with van der Waals surface area (Å²) in [7, 11) is 0. The van der Waals surface area contributed by atoms with E-state index in [1.165, 1.54) is 12.5 Å². The summed E-state index contributed by atoms with van der Waals surface area (Å²) < 4.78 is 27.2. The summed E-state index contributed by atoms with van der Waals surface area (Å²) in [6.45, 7) is 0. The molecule has 0 spiro atoms. The molecule has 0 aliphatic heterocycles. The quantitative estimate of drug-likeness (QED) is 0.903. The number of halogens is 3. The van der Waals surface area contributed by atoms with Crippen LogP contribution in [0.1, 0.15) is 19.3 Å². The molecule has 1 atom stereocenters. The highest BCUT2D eigenvalue weighted by Crippen LogP contribution is 2.37. The first-order chi connectivity index (χ1) is 7.09. The molecule has 3 nitrogen and oxygen atoms in total. The van der Waals surface area contributed by atoms with E-state index in [0.717, 1.165) is 0 Å². The summed E-state index contributed by atoms with van der Waals surface area (Å²) in [5.41, 5.74) is 0. The topological polar surface area (TPSA) is 37.8 Å². The highest BCUT2D eigenvalue weighted by molar-refractivity contribution is 9.10. The normalized spacial score (nSPS) is 24.1. The zero-order chi connectivity index (χ0) is 10.9. The predicted octanol–water partition coefficient (Wildman–Crippen LogP) is 2.84. The molecule has 1 unspecified atom stereocenters. The van der Waals surface area contributed by atoms with Crippen LogP contribution in [0.15, 0.2) is 17.0 Å². The second-order valence-electron chi connectivity index (χ2n) is 3.57. The molecule has 2 rings (SSSR count). The zero-order valence-corrected chi connectivity index (χ0v) is 9.47. The molecule has 1 fully saturated rings. The maximum atomic E-state index is 13.3. The fourth-order valence-electron chi connectivity index (χ4n) is 1.69. The molecule has 6 heteroatoms. The van der Waals surface area contributed by atoms with Gasteiger partial charge in [0.15, 0.2) is 0 Å². The van der Waals surface area contributed by atoms with Crippen molar-refractivity contribution in [2.24, 2.45) is 0 Å². The third kappa shape index (κ3) is 2.25. The van der Waals surface area contributed by atoms with E-state index >= 15 is 0 Å². The molecule has 1 aliphatic rings. The average Bonchev–Trinajstić information content (AvgIpc) is 2.50. The Labute approximate surface area is 94.4 Å². The van der Waals surface area contributed by atoms with Gasteiger partial charge in [0.05, 0.1) is 10.5 Å².